The minimum absolute atomic E-state index is 0.0270. The Morgan fingerprint density at radius 3 is 2.35 bits per heavy atom. The molecule has 164 valence electrons. The van der Waals surface area contributed by atoms with E-state index in [1.165, 1.54) is 33.1 Å². The van der Waals surface area contributed by atoms with Gasteiger partial charge in [-0.15, -0.1) is 10.2 Å². The molecule has 3 rings (SSSR count). The van der Waals surface area contributed by atoms with Crippen LogP contribution in [0.4, 0.5) is 0 Å². The average molecular weight is 444 g/mol. The number of methoxy groups -OCH3 is 3. The quantitative estimate of drug-likeness (QED) is 0.461. The number of ether oxygens (including phenoxy) is 3. The highest BCUT2D eigenvalue weighted by molar-refractivity contribution is 7.99. The van der Waals surface area contributed by atoms with E-state index in [0.717, 1.165) is 11.1 Å². The molecule has 0 bridgehead atoms. The van der Waals surface area contributed by atoms with Gasteiger partial charge in [0.15, 0.2) is 11.5 Å². The zero-order valence-electron chi connectivity index (χ0n) is 18.2. The topological polar surface area (TPSA) is 86.9 Å². The number of benzene rings is 2. The molecule has 0 saturated carbocycles. The number of nitrogens with zero attached hydrogens (tertiary/aromatic N) is 3. The van der Waals surface area contributed by atoms with Gasteiger partial charge in [0.05, 0.1) is 27.1 Å². The van der Waals surface area contributed by atoms with E-state index in [1.54, 1.807) is 24.1 Å². The van der Waals surface area contributed by atoms with Crippen molar-refractivity contribution in [3.63, 3.8) is 0 Å². The highest BCUT2D eigenvalue weighted by Crippen LogP contribution is 2.41. The molecule has 0 aliphatic heterocycles. The third-order valence-corrected chi connectivity index (χ3v) is 5.54. The molecule has 0 radical (unpaired) electrons. The Bertz CT molecular complexity index is 1030. The van der Waals surface area contributed by atoms with Crippen molar-refractivity contribution < 1.29 is 23.4 Å². The molecule has 8 nitrogen and oxygen atoms in total. The van der Waals surface area contributed by atoms with Crippen molar-refractivity contribution in [2.75, 3.05) is 34.1 Å². The second-order valence-corrected chi connectivity index (χ2v) is 7.68. The fourth-order valence-electron chi connectivity index (χ4n) is 2.95. The number of aryl methyl sites for hydroxylation is 1. The molecule has 1 heterocycles. The molecular weight excluding hydrogens is 418 g/mol. The van der Waals surface area contributed by atoms with Gasteiger partial charge in [-0.3, -0.25) is 4.79 Å². The van der Waals surface area contributed by atoms with Crippen molar-refractivity contribution >= 4 is 17.7 Å². The van der Waals surface area contributed by atoms with E-state index in [1.807, 2.05) is 31.2 Å². The Morgan fingerprint density at radius 1 is 1.06 bits per heavy atom. The van der Waals surface area contributed by atoms with E-state index in [0.29, 0.717) is 40.5 Å². The van der Waals surface area contributed by atoms with Gasteiger partial charge in [0.1, 0.15) is 0 Å². The van der Waals surface area contributed by atoms with Crippen LogP contribution < -0.4 is 14.2 Å². The van der Waals surface area contributed by atoms with Crippen LogP contribution in [0.1, 0.15) is 11.1 Å². The van der Waals surface area contributed by atoms with Crippen LogP contribution in [0.25, 0.3) is 11.5 Å². The number of thioether (sulfide) groups is 1. The van der Waals surface area contributed by atoms with Crippen LogP contribution in [-0.2, 0) is 11.3 Å². The number of rotatable bonds is 9. The Balaban J connectivity index is 1.66. The van der Waals surface area contributed by atoms with Crippen molar-refractivity contribution in [2.24, 2.45) is 0 Å². The lowest BCUT2D eigenvalue weighted by molar-refractivity contribution is -0.127. The molecule has 1 amide bonds. The van der Waals surface area contributed by atoms with Gasteiger partial charge >= 0.3 is 0 Å². The molecule has 0 atom stereocenters. The summed E-state index contributed by atoms with van der Waals surface area (Å²) in [6.07, 6.45) is 0. The summed E-state index contributed by atoms with van der Waals surface area (Å²) in [6.45, 7) is 2.58. The van der Waals surface area contributed by atoms with Crippen LogP contribution in [0.3, 0.4) is 0 Å². The fraction of sp³-hybridized carbons (Fsp3) is 0.318. The van der Waals surface area contributed by atoms with Crippen molar-refractivity contribution in [3.05, 3.63) is 47.5 Å². The maximum atomic E-state index is 12.5. The molecule has 3 aromatic rings. The smallest absolute Gasteiger partial charge is 0.277 e. The predicted molar refractivity (Wildman–Crippen MR) is 118 cm³/mol. The summed E-state index contributed by atoms with van der Waals surface area (Å²) < 4.78 is 21.8. The van der Waals surface area contributed by atoms with E-state index < -0.39 is 0 Å². The molecule has 0 aliphatic rings. The zero-order valence-corrected chi connectivity index (χ0v) is 19.0. The molecule has 31 heavy (non-hydrogen) atoms. The SMILES string of the molecule is COc1cc(-c2nnc(SCC(=O)N(C)Cc3ccccc3C)o2)cc(OC)c1OC. The van der Waals surface area contributed by atoms with Gasteiger partial charge in [0.2, 0.25) is 17.5 Å². The zero-order chi connectivity index (χ0) is 22.4. The molecule has 0 aliphatic carbocycles. The summed E-state index contributed by atoms with van der Waals surface area (Å²) >= 11 is 1.20. The van der Waals surface area contributed by atoms with Gasteiger partial charge in [0, 0.05) is 19.2 Å². The Hall–Kier alpha value is -3.20. The summed E-state index contributed by atoms with van der Waals surface area (Å²) in [5.41, 5.74) is 2.89. The third kappa shape index (κ3) is 5.29. The lowest BCUT2D eigenvalue weighted by atomic mass is 10.1. The molecular formula is C22H25N3O5S. The standard InChI is InChI=1S/C22H25N3O5S/c1-14-8-6-7-9-15(14)12-25(2)19(26)13-31-22-24-23-21(30-22)16-10-17(27-3)20(29-5)18(11-16)28-4/h6-11H,12-13H2,1-5H3. The van der Waals surface area contributed by atoms with E-state index in [4.69, 9.17) is 18.6 Å². The number of aromatic nitrogens is 2. The first-order chi connectivity index (χ1) is 15.0. The average Bonchev–Trinajstić information content (AvgIpc) is 3.26. The Morgan fingerprint density at radius 2 is 1.74 bits per heavy atom. The largest absolute Gasteiger partial charge is 0.493 e. The predicted octanol–water partition coefficient (Wildman–Crippen LogP) is 3.82. The summed E-state index contributed by atoms with van der Waals surface area (Å²) in [5.74, 6) is 1.90. The highest BCUT2D eigenvalue weighted by atomic mass is 32.2. The van der Waals surface area contributed by atoms with Gasteiger partial charge in [-0.2, -0.15) is 0 Å². The minimum atomic E-state index is -0.0270. The second kappa shape index (κ2) is 10.2. The van der Waals surface area contributed by atoms with Crippen LogP contribution >= 0.6 is 11.8 Å². The van der Waals surface area contributed by atoms with Crippen molar-refractivity contribution in [2.45, 2.75) is 18.7 Å². The van der Waals surface area contributed by atoms with E-state index in [2.05, 4.69) is 10.2 Å². The first kappa shape index (κ1) is 22.5. The first-order valence-electron chi connectivity index (χ1n) is 9.52. The van der Waals surface area contributed by atoms with E-state index >= 15 is 0 Å². The van der Waals surface area contributed by atoms with E-state index in [9.17, 15) is 4.79 Å². The van der Waals surface area contributed by atoms with E-state index in [-0.39, 0.29) is 11.7 Å². The number of amides is 1. The lowest BCUT2D eigenvalue weighted by Gasteiger charge is -2.17. The summed E-state index contributed by atoms with van der Waals surface area (Å²) in [4.78, 5) is 14.2. The number of hydrogen-bond donors (Lipinski definition) is 0. The van der Waals surface area contributed by atoms with Crippen LogP contribution in [0.2, 0.25) is 0 Å². The highest BCUT2D eigenvalue weighted by Gasteiger charge is 2.19. The van der Waals surface area contributed by atoms with Crippen molar-refractivity contribution in [3.8, 4) is 28.7 Å². The number of carbonyl (C=O) groups is 1. The lowest BCUT2D eigenvalue weighted by Crippen LogP contribution is -2.28. The molecule has 0 N–H and O–H groups in total. The summed E-state index contributed by atoms with van der Waals surface area (Å²) in [6, 6.07) is 11.5. The van der Waals surface area contributed by atoms with Crippen LogP contribution in [0.5, 0.6) is 17.2 Å². The molecule has 1 aromatic heterocycles. The van der Waals surface area contributed by atoms with Gasteiger partial charge in [0.25, 0.3) is 5.22 Å². The van der Waals surface area contributed by atoms with Crippen LogP contribution in [0.15, 0.2) is 46.0 Å². The summed E-state index contributed by atoms with van der Waals surface area (Å²) in [5, 5.41) is 8.43. The Kier molecular flexibility index (Phi) is 7.41. The van der Waals surface area contributed by atoms with Crippen LogP contribution in [0, 0.1) is 6.92 Å². The molecule has 9 heteroatoms. The Labute approximate surface area is 185 Å². The minimum Gasteiger partial charge on any atom is -0.493 e. The van der Waals surface area contributed by atoms with Gasteiger partial charge in [-0.25, -0.2) is 0 Å². The molecule has 0 spiro atoms. The molecule has 2 aromatic carbocycles. The second-order valence-electron chi connectivity index (χ2n) is 6.75. The first-order valence-corrected chi connectivity index (χ1v) is 10.5. The maximum Gasteiger partial charge on any atom is 0.277 e. The van der Waals surface area contributed by atoms with Crippen molar-refractivity contribution in [1.82, 2.24) is 15.1 Å². The fourth-order valence-corrected chi connectivity index (χ4v) is 3.66. The molecule has 0 unspecified atom stereocenters. The van der Waals surface area contributed by atoms with Gasteiger partial charge in [-0.05, 0) is 30.2 Å². The van der Waals surface area contributed by atoms with Gasteiger partial charge in [-0.1, -0.05) is 36.0 Å². The maximum absolute atomic E-state index is 12.5. The monoisotopic (exact) mass is 443 g/mol. The molecule has 0 fully saturated rings. The van der Waals surface area contributed by atoms with Gasteiger partial charge < -0.3 is 23.5 Å². The van der Waals surface area contributed by atoms with Crippen LogP contribution in [-0.4, -0.2) is 55.1 Å². The molecule has 0 saturated heterocycles. The number of hydrogen-bond acceptors (Lipinski definition) is 8. The normalized spacial score (nSPS) is 10.6. The van der Waals surface area contributed by atoms with Crippen molar-refractivity contribution in [1.29, 1.82) is 0 Å². The third-order valence-electron chi connectivity index (χ3n) is 4.73. The number of carbonyl (C=O) groups excluding carboxylic acids is 1. The summed E-state index contributed by atoms with van der Waals surface area (Å²) in [7, 11) is 6.39.